The van der Waals surface area contributed by atoms with Crippen LogP contribution in [0.5, 0.6) is 0 Å². The molecule has 156 valence electrons. The van der Waals surface area contributed by atoms with Gasteiger partial charge in [0.05, 0.1) is 11.3 Å². The molecular weight excluding hydrogens is 392 g/mol. The molecule has 2 aromatic rings. The minimum Gasteiger partial charge on any atom is -0.469 e. The van der Waals surface area contributed by atoms with Gasteiger partial charge in [-0.05, 0) is 30.7 Å². The number of furan rings is 1. The van der Waals surface area contributed by atoms with Crippen LogP contribution in [0.15, 0.2) is 46.1 Å². The summed E-state index contributed by atoms with van der Waals surface area (Å²) in [6.45, 7) is 2.35. The van der Waals surface area contributed by atoms with Gasteiger partial charge in [0, 0.05) is 52.4 Å². The van der Waals surface area contributed by atoms with Crippen molar-refractivity contribution in [2.24, 2.45) is 4.99 Å². The van der Waals surface area contributed by atoms with Crippen LogP contribution in [0.1, 0.15) is 12.2 Å². The summed E-state index contributed by atoms with van der Waals surface area (Å²) in [5.74, 6) is 2.26. The number of nitrogens with zero attached hydrogens (tertiary/aromatic N) is 4. The summed E-state index contributed by atoms with van der Waals surface area (Å²) in [4.78, 5) is 24.5. The lowest BCUT2D eigenvalue weighted by Crippen LogP contribution is -2.45. The van der Waals surface area contributed by atoms with Crippen molar-refractivity contribution in [2.45, 2.75) is 18.9 Å². The molecule has 0 aromatic carbocycles. The summed E-state index contributed by atoms with van der Waals surface area (Å²) in [7, 11) is 3.45. The van der Waals surface area contributed by atoms with Gasteiger partial charge >= 0.3 is 0 Å². The van der Waals surface area contributed by atoms with Crippen LogP contribution >= 0.6 is 11.6 Å². The smallest absolute Gasteiger partial charge is 0.243 e. The van der Waals surface area contributed by atoms with Gasteiger partial charge in [-0.15, -0.1) is 0 Å². The summed E-state index contributed by atoms with van der Waals surface area (Å²) in [5.41, 5.74) is 0. The number of likely N-dealkylation sites (N-methyl/N-ethyl adjacent to an activating group) is 1. The Morgan fingerprint density at radius 3 is 3.00 bits per heavy atom. The zero-order valence-corrected chi connectivity index (χ0v) is 17.5. The first kappa shape index (κ1) is 21.0. The Balaban J connectivity index is 1.58. The van der Waals surface area contributed by atoms with E-state index in [4.69, 9.17) is 16.0 Å². The van der Waals surface area contributed by atoms with Crippen LogP contribution in [0, 0.1) is 0 Å². The van der Waals surface area contributed by atoms with Crippen molar-refractivity contribution >= 4 is 29.3 Å². The molecule has 0 radical (unpaired) electrons. The number of hydrogen-bond donors (Lipinski definition) is 2. The first-order valence-electron chi connectivity index (χ1n) is 9.66. The third-order valence-corrected chi connectivity index (χ3v) is 4.98. The minimum atomic E-state index is -0.0505. The van der Waals surface area contributed by atoms with E-state index in [0.29, 0.717) is 17.5 Å². The zero-order chi connectivity index (χ0) is 20.6. The Morgan fingerprint density at radius 2 is 2.28 bits per heavy atom. The fourth-order valence-corrected chi connectivity index (χ4v) is 3.31. The molecule has 3 rings (SSSR count). The number of hydrogen-bond acceptors (Lipinski definition) is 5. The molecule has 2 N–H and O–H groups in total. The Hall–Kier alpha value is -2.74. The number of aliphatic imine (C=N–C) groups is 1. The number of carbonyl (C=O) groups excluding carboxylic acids is 1. The second kappa shape index (κ2) is 10.2. The Labute approximate surface area is 175 Å². The van der Waals surface area contributed by atoms with Crippen molar-refractivity contribution in [2.75, 3.05) is 45.2 Å². The number of amides is 1. The van der Waals surface area contributed by atoms with Gasteiger partial charge in [-0.2, -0.15) is 0 Å². The molecule has 2 aromatic heterocycles. The van der Waals surface area contributed by atoms with E-state index in [0.717, 1.165) is 37.5 Å². The molecule has 1 aliphatic rings. The van der Waals surface area contributed by atoms with Gasteiger partial charge in [0.15, 0.2) is 5.96 Å². The van der Waals surface area contributed by atoms with Crippen molar-refractivity contribution < 1.29 is 9.21 Å². The van der Waals surface area contributed by atoms with Crippen molar-refractivity contribution in [1.82, 2.24) is 20.5 Å². The van der Waals surface area contributed by atoms with Gasteiger partial charge in [-0.3, -0.25) is 4.79 Å². The highest BCUT2D eigenvalue weighted by atomic mass is 35.5. The fourth-order valence-electron chi connectivity index (χ4n) is 3.07. The Morgan fingerprint density at radius 1 is 1.41 bits per heavy atom. The largest absolute Gasteiger partial charge is 0.469 e. The number of aromatic nitrogens is 1. The maximum atomic E-state index is 11.9. The maximum absolute atomic E-state index is 11.9. The van der Waals surface area contributed by atoms with E-state index in [1.807, 2.05) is 24.3 Å². The highest BCUT2D eigenvalue weighted by Gasteiger charge is 2.25. The van der Waals surface area contributed by atoms with Crippen molar-refractivity contribution in [3.05, 3.63) is 47.5 Å². The van der Waals surface area contributed by atoms with Gasteiger partial charge < -0.3 is 24.9 Å². The summed E-state index contributed by atoms with van der Waals surface area (Å²) in [6, 6.07) is 7.66. The van der Waals surface area contributed by atoms with E-state index in [1.165, 1.54) is 4.90 Å². The third kappa shape index (κ3) is 6.12. The first-order chi connectivity index (χ1) is 14.0. The average Bonchev–Trinajstić information content (AvgIpc) is 3.38. The van der Waals surface area contributed by atoms with Crippen LogP contribution in [0.2, 0.25) is 5.02 Å². The van der Waals surface area contributed by atoms with Crippen LogP contribution in [-0.2, 0) is 11.2 Å². The van der Waals surface area contributed by atoms with E-state index < -0.39 is 0 Å². The second-order valence-electron chi connectivity index (χ2n) is 7.09. The third-order valence-electron chi connectivity index (χ3n) is 4.68. The van der Waals surface area contributed by atoms with Crippen molar-refractivity contribution in [3.63, 3.8) is 0 Å². The summed E-state index contributed by atoms with van der Waals surface area (Å²) < 4.78 is 5.37. The molecule has 1 atom stereocenters. The van der Waals surface area contributed by atoms with Crippen LogP contribution in [0.25, 0.3) is 0 Å². The molecule has 9 heteroatoms. The number of halogens is 1. The van der Waals surface area contributed by atoms with Gasteiger partial charge in [-0.1, -0.05) is 11.6 Å². The molecule has 1 amide bonds. The number of rotatable bonds is 7. The number of pyridine rings is 1. The normalized spacial score (nSPS) is 16.7. The van der Waals surface area contributed by atoms with E-state index in [-0.39, 0.29) is 18.5 Å². The van der Waals surface area contributed by atoms with Crippen molar-refractivity contribution in [3.8, 4) is 0 Å². The molecule has 1 fully saturated rings. The molecule has 0 spiro atoms. The lowest BCUT2D eigenvalue weighted by molar-refractivity contribution is -0.127. The SMILES string of the molecule is CN(C)C(=O)CN=C(NCCc1ccco1)NC1CCN(c2ncccc2Cl)C1. The molecular formula is C20H27ClN6O2. The van der Waals surface area contributed by atoms with Crippen molar-refractivity contribution in [1.29, 1.82) is 0 Å². The predicted octanol–water partition coefficient (Wildman–Crippen LogP) is 1.77. The first-order valence-corrected chi connectivity index (χ1v) is 10.0. The van der Waals surface area contributed by atoms with Gasteiger partial charge in [0.25, 0.3) is 0 Å². The molecule has 29 heavy (non-hydrogen) atoms. The molecule has 1 aliphatic heterocycles. The Kier molecular flexibility index (Phi) is 7.35. The fraction of sp³-hybridized carbons (Fsp3) is 0.450. The van der Waals surface area contributed by atoms with Crippen LogP contribution in [0.4, 0.5) is 5.82 Å². The molecule has 3 heterocycles. The monoisotopic (exact) mass is 418 g/mol. The summed E-state index contributed by atoms with van der Waals surface area (Å²) in [6.07, 6.45) is 5.06. The molecule has 1 unspecified atom stereocenters. The number of anilines is 1. The molecule has 0 saturated carbocycles. The number of carbonyl (C=O) groups is 1. The highest BCUT2D eigenvalue weighted by molar-refractivity contribution is 6.32. The van der Waals surface area contributed by atoms with E-state index in [2.05, 4.69) is 25.5 Å². The standard InChI is InChI=1S/C20H27ClN6O2/c1-26(2)18(28)13-24-20(23-10-7-16-5-4-12-29-16)25-15-8-11-27(14-15)19-17(21)6-3-9-22-19/h3-6,9,12,15H,7-8,10-11,13-14H2,1-2H3,(H2,23,24,25). The topological polar surface area (TPSA) is 86.0 Å². The zero-order valence-electron chi connectivity index (χ0n) is 16.8. The number of guanidine groups is 1. The second-order valence-corrected chi connectivity index (χ2v) is 7.50. The minimum absolute atomic E-state index is 0.0505. The van der Waals surface area contributed by atoms with Crippen LogP contribution in [-0.4, -0.2) is 68.1 Å². The van der Waals surface area contributed by atoms with Gasteiger partial charge in [0.1, 0.15) is 18.1 Å². The van der Waals surface area contributed by atoms with E-state index >= 15 is 0 Å². The van der Waals surface area contributed by atoms with Gasteiger partial charge in [-0.25, -0.2) is 9.98 Å². The molecule has 0 aliphatic carbocycles. The van der Waals surface area contributed by atoms with Gasteiger partial charge in [0.2, 0.25) is 5.91 Å². The molecule has 8 nitrogen and oxygen atoms in total. The number of nitrogens with one attached hydrogen (secondary N) is 2. The predicted molar refractivity (Wildman–Crippen MR) is 114 cm³/mol. The highest BCUT2D eigenvalue weighted by Crippen LogP contribution is 2.25. The lowest BCUT2D eigenvalue weighted by Gasteiger charge is -2.20. The summed E-state index contributed by atoms with van der Waals surface area (Å²) in [5, 5.41) is 7.38. The van der Waals surface area contributed by atoms with E-state index in [9.17, 15) is 4.79 Å². The van der Waals surface area contributed by atoms with Crippen LogP contribution in [0.3, 0.4) is 0 Å². The Bertz CT molecular complexity index is 824. The molecule has 1 saturated heterocycles. The average molecular weight is 419 g/mol. The maximum Gasteiger partial charge on any atom is 0.243 e. The van der Waals surface area contributed by atoms with E-state index in [1.54, 1.807) is 26.6 Å². The quantitative estimate of drug-likeness (QED) is 0.526. The summed E-state index contributed by atoms with van der Waals surface area (Å²) >= 11 is 6.28. The van der Waals surface area contributed by atoms with Crippen LogP contribution < -0.4 is 15.5 Å². The lowest BCUT2D eigenvalue weighted by atomic mass is 10.3. The molecule has 0 bridgehead atoms.